The van der Waals surface area contributed by atoms with Gasteiger partial charge in [0.2, 0.25) is 0 Å². The molecule has 28 heavy (non-hydrogen) atoms. The van der Waals surface area contributed by atoms with Gasteiger partial charge in [-0.25, -0.2) is 0 Å². The smallest absolute Gasteiger partial charge is 0.387 e. The molecule has 1 aromatic heterocycles. The first-order chi connectivity index (χ1) is 13.3. The monoisotopic (exact) mass is 416 g/mol. The van der Waals surface area contributed by atoms with Crippen LogP contribution < -0.4 is 20.1 Å². The van der Waals surface area contributed by atoms with E-state index < -0.39 is 24.2 Å². The Labute approximate surface area is 164 Å². The highest BCUT2D eigenvalue weighted by Gasteiger charge is 2.20. The normalized spacial score (nSPS) is 12.1. The zero-order valence-corrected chi connectivity index (χ0v) is 15.7. The van der Waals surface area contributed by atoms with Crippen molar-refractivity contribution in [1.82, 2.24) is 4.57 Å². The van der Waals surface area contributed by atoms with E-state index in [2.05, 4.69) is 4.74 Å². The van der Waals surface area contributed by atoms with Crippen molar-refractivity contribution < 1.29 is 32.9 Å². The Balaban J connectivity index is 2.63. The van der Waals surface area contributed by atoms with Gasteiger partial charge >= 0.3 is 6.61 Å². The molecule has 10 heteroatoms. The van der Waals surface area contributed by atoms with Crippen molar-refractivity contribution in [2.45, 2.75) is 19.1 Å². The molecule has 0 aliphatic heterocycles. The van der Waals surface area contributed by atoms with Gasteiger partial charge < -0.3 is 28.7 Å². The van der Waals surface area contributed by atoms with Gasteiger partial charge in [0.25, 0.3) is 5.56 Å². The highest BCUT2D eigenvalue weighted by atomic mass is 35.5. The number of benzene rings is 1. The van der Waals surface area contributed by atoms with Gasteiger partial charge in [0.15, 0.2) is 0 Å². The van der Waals surface area contributed by atoms with E-state index in [-0.39, 0.29) is 40.7 Å². The Morgan fingerprint density at radius 1 is 1.21 bits per heavy atom. The SMILES string of the molecule is COCCC(C(=O)[O-])n1cc(OC)c(-c2cc(Cl)ccc2OC(F)F)cc1=O. The Morgan fingerprint density at radius 3 is 2.46 bits per heavy atom. The van der Waals surface area contributed by atoms with Crippen LogP contribution in [-0.4, -0.2) is 38.0 Å². The summed E-state index contributed by atoms with van der Waals surface area (Å²) in [5, 5.41) is 11.7. The number of ether oxygens (including phenoxy) is 3. The van der Waals surface area contributed by atoms with Crippen LogP contribution in [0.15, 0.2) is 35.3 Å². The summed E-state index contributed by atoms with van der Waals surface area (Å²) in [5.41, 5.74) is -0.495. The molecule has 2 aromatic rings. The lowest BCUT2D eigenvalue weighted by atomic mass is 10.0. The molecule has 1 heterocycles. The molecule has 0 radical (unpaired) electrons. The van der Waals surface area contributed by atoms with Crippen LogP contribution in [0.5, 0.6) is 11.5 Å². The van der Waals surface area contributed by atoms with Gasteiger partial charge in [-0.05, 0) is 24.6 Å². The summed E-state index contributed by atoms with van der Waals surface area (Å²) >= 11 is 5.95. The van der Waals surface area contributed by atoms with Crippen LogP contribution in [0.1, 0.15) is 12.5 Å². The fraction of sp³-hybridized carbons (Fsp3) is 0.333. The number of nitrogens with zero attached hydrogens (tertiary/aromatic N) is 1. The molecule has 7 nitrogen and oxygen atoms in total. The number of halogens is 3. The van der Waals surface area contributed by atoms with Crippen molar-refractivity contribution in [2.24, 2.45) is 0 Å². The number of carboxylic acids is 1. The molecule has 152 valence electrons. The molecule has 1 atom stereocenters. The van der Waals surface area contributed by atoms with Crippen LogP contribution in [0.3, 0.4) is 0 Å². The number of hydrogen-bond donors (Lipinski definition) is 0. The second kappa shape index (κ2) is 9.52. The van der Waals surface area contributed by atoms with E-state index >= 15 is 0 Å². The number of carboxylic acid groups (broad SMARTS) is 1. The molecule has 0 aliphatic rings. The molecule has 0 N–H and O–H groups in total. The number of carbonyl (C=O) groups excluding carboxylic acids is 1. The average molecular weight is 417 g/mol. The zero-order chi connectivity index (χ0) is 20.8. The lowest BCUT2D eigenvalue weighted by Gasteiger charge is -2.22. The maximum atomic E-state index is 12.7. The quantitative estimate of drug-likeness (QED) is 0.622. The topological polar surface area (TPSA) is 89.8 Å². The Bertz CT molecular complexity index is 902. The number of alkyl halides is 2. The number of carbonyl (C=O) groups is 1. The third-order valence-electron chi connectivity index (χ3n) is 3.92. The standard InChI is InChI=1S/C18H18ClF2NO6/c1-26-6-5-13(17(24)25)22-9-15(27-2)12(8-16(22)23)11-7-10(19)3-4-14(11)28-18(20)21/h3-4,7-9,13,18H,5-6H2,1-2H3,(H,24,25)/p-1. The molecule has 0 aliphatic carbocycles. The van der Waals surface area contributed by atoms with Crippen LogP contribution >= 0.6 is 11.6 Å². The number of aliphatic carboxylic acids is 1. The number of rotatable bonds is 9. The molecule has 1 aromatic carbocycles. The van der Waals surface area contributed by atoms with E-state index in [1.807, 2.05) is 0 Å². The fourth-order valence-corrected chi connectivity index (χ4v) is 2.83. The minimum absolute atomic E-state index is 0.0157. The molecule has 0 spiro atoms. The molecule has 0 saturated carbocycles. The van der Waals surface area contributed by atoms with Gasteiger partial charge in [0.05, 0.1) is 25.3 Å². The van der Waals surface area contributed by atoms with Crippen LogP contribution in [0.2, 0.25) is 5.02 Å². The van der Waals surface area contributed by atoms with Crippen molar-refractivity contribution >= 4 is 17.6 Å². The maximum absolute atomic E-state index is 12.7. The fourth-order valence-electron chi connectivity index (χ4n) is 2.66. The van der Waals surface area contributed by atoms with E-state index in [0.717, 1.165) is 10.6 Å². The summed E-state index contributed by atoms with van der Waals surface area (Å²) in [6.07, 6.45) is 1.15. The number of hydrogen-bond acceptors (Lipinski definition) is 6. The molecule has 1 unspecified atom stereocenters. The zero-order valence-electron chi connectivity index (χ0n) is 15.0. The first-order valence-corrected chi connectivity index (χ1v) is 8.41. The van der Waals surface area contributed by atoms with Crippen molar-refractivity contribution in [2.75, 3.05) is 20.8 Å². The molecule has 0 fully saturated rings. The van der Waals surface area contributed by atoms with Gasteiger partial charge in [-0.3, -0.25) is 4.79 Å². The highest BCUT2D eigenvalue weighted by Crippen LogP contribution is 2.38. The van der Waals surface area contributed by atoms with Gasteiger partial charge in [0, 0.05) is 35.9 Å². The minimum atomic E-state index is -3.09. The van der Waals surface area contributed by atoms with E-state index in [1.165, 1.54) is 38.6 Å². The van der Waals surface area contributed by atoms with Gasteiger partial charge in [-0.2, -0.15) is 8.78 Å². The Kier molecular flexibility index (Phi) is 7.36. The van der Waals surface area contributed by atoms with Crippen LogP contribution in [0.4, 0.5) is 8.78 Å². The largest absolute Gasteiger partial charge is 0.548 e. The van der Waals surface area contributed by atoms with Gasteiger partial charge in [-0.15, -0.1) is 0 Å². The van der Waals surface area contributed by atoms with E-state index in [4.69, 9.17) is 21.1 Å². The van der Waals surface area contributed by atoms with Crippen molar-refractivity contribution in [3.63, 3.8) is 0 Å². The summed E-state index contributed by atoms with van der Waals surface area (Å²) in [5.74, 6) is -1.63. The number of methoxy groups -OCH3 is 2. The van der Waals surface area contributed by atoms with E-state index in [1.54, 1.807) is 0 Å². The predicted octanol–water partition coefficient (Wildman–Crippen LogP) is 2.11. The molecular formula is C18H17ClF2NO6-. The number of aromatic nitrogens is 1. The lowest BCUT2D eigenvalue weighted by Crippen LogP contribution is -2.38. The summed E-state index contributed by atoms with van der Waals surface area (Å²) in [7, 11) is 2.68. The third-order valence-corrected chi connectivity index (χ3v) is 4.15. The van der Waals surface area contributed by atoms with Crippen molar-refractivity contribution in [3.8, 4) is 22.6 Å². The molecule has 0 bridgehead atoms. The minimum Gasteiger partial charge on any atom is -0.548 e. The highest BCUT2D eigenvalue weighted by molar-refractivity contribution is 6.31. The second-order valence-electron chi connectivity index (χ2n) is 5.64. The average Bonchev–Trinajstić information content (AvgIpc) is 2.63. The molecule has 0 saturated heterocycles. The number of pyridine rings is 1. The molecular weight excluding hydrogens is 400 g/mol. The van der Waals surface area contributed by atoms with E-state index in [9.17, 15) is 23.5 Å². The van der Waals surface area contributed by atoms with Crippen LogP contribution in [0.25, 0.3) is 11.1 Å². The Morgan fingerprint density at radius 2 is 1.89 bits per heavy atom. The summed E-state index contributed by atoms with van der Waals surface area (Å²) in [6.45, 7) is -3.02. The molecule has 0 amide bonds. The first-order valence-electron chi connectivity index (χ1n) is 8.03. The summed E-state index contributed by atoms with van der Waals surface area (Å²) in [4.78, 5) is 24.0. The third kappa shape index (κ3) is 4.99. The maximum Gasteiger partial charge on any atom is 0.387 e. The second-order valence-corrected chi connectivity index (χ2v) is 6.07. The summed E-state index contributed by atoms with van der Waals surface area (Å²) < 4.78 is 40.9. The van der Waals surface area contributed by atoms with Gasteiger partial charge in [0.1, 0.15) is 11.5 Å². The van der Waals surface area contributed by atoms with E-state index in [0.29, 0.717) is 0 Å². The van der Waals surface area contributed by atoms with Crippen LogP contribution in [0, 0.1) is 0 Å². The predicted molar refractivity (Wildman–Crippen MR) is 94.9 cm³/mol. The van der Waals surface area contributed by atoms with Gasteiger partial charge in [-0.1, -0.05) is 11.6 Å². The lowest BCUT2D eigenvalue weighted by molar-refractivity contribution is -0.310. The summed E-state index contributed by atoms with van der Waals surface area (Å²) in [6, 6.07) is 3.68. The molecule has 2 rings (SSSR count). The van der Waals surface area contributed by atoms with Crippen molar-refractivity contribution in [1.29, 1.82) is 0 Å². The van der Waals surface area contributed by atoms with Crippen molar-refractivity contribution in [3.05, 3.63) is 45.8 Å². The first kappa shape index (κ1) is 21.6. The Hall–Kier alpha value is -2.65. The van der Waals surface area contributed by atoms with Crippen LogP contribution in [-0.2, 0) is 9.53 Å².